The average Bonchev–Trinajstić information content (AvgIpc) is 2.72. The standard InChI is InChI=1S/C22H26N4/c23-17-18-4-3-6-21(16-18)26-14-12-25(13-15-26)11-10-20-9-8-19-5-1-2-7-22(19)24-20/h1-9,16H,10-15,17,23H2. The van der Waals surface area contributed by atoms with Gasteiger partial charge in [-0.1, -0.05) is 36.4 Å². The van der Waals surface area contributed by atoms with E-state index in [9.17, 15) is 0 Å². The Balaban J connectivity index is 1.32. The number of pyridine rings is 1. The molecule has 0 aliphatic carbocycles. The molecule has 4 heteroatoms. The zero-order valence-corrected chi connectivity index (χ0v) is 15.1. The van der Waals surface area contributed by atoms with E-state index in [0.717, 1.165) is 44.7 Å². The lowest BCUT2D eigenvalue weighted by Crippen LogP contribution is -2.47. The number of rotatable bonds is 5. The molecule has 1 aromatic heterocycles. The fourth-order valence-corrected chi connectivity index (χ4v) is 3.63. The van der Waals surface area contributed by atoms with Crippen LogP contribution in [0.15, 0.2) is 60.7 Å². The van der Waals surface area contributed by atoms with Gasteiger partial charge >= 0.3 is 0 Å². The predicted molar refractivity (Wildman–Crippen MR) is 108 cm³/mol. The van der Waals surface area contributed by atoms with Crippen LogP contribution in [0.5, 0.6) is 0 Å². The number of hydrogen-bond acceptors (Lipinski definition) is 4. The Labute approximate surface area is 155 Å². The molecule has 1 fully saturated rings. The van der Waals surface area contributed by atoms with Crippen molar-refractivity contribution < 1.29 is 0 Å². The van der Waals surface area contributed by atoms with Gasteiger partial charge in [0.25, 0.3) is 0 Å². The van der Waals surface area contributed by atoms with Gasteiger partial charge in [-0.25, -0.2) is 0 Å². The van der Waals surface area contributed by atoms with E-state index in [0.29, 0.717) is 6.54 Å². The largest absolute Gasteiger partial charge is 0.369 e. The molecule has 2 aromatic carbocycles. The van der Waals surface area contributed by atoms with Crippen LogP contribution in [0.4, 0.5) is 5.69 Å². The van der Waals surface area contributed by atoms with Gasteiger partial charge in [-0.3, -0.25) is 9.88 Å². The van der Waals surface area contributed by atoms with Crippen molar-refractivity contribution in [2.75, 3.05) is 37.6 Å². The Morgan fingerprint density at radius 1 is 0.885 bits per heavy atom. The summed E-state index contributed by atoms with van der Waals surface area (Å²) in [4.78, 5) is 9.80. The van der Waals surface area contributed by atoms with Gasteiger partial charge in [0.15, 0.2) is 0 Å². The van der Waals surface area contributed by atoms with Crippen molar-refractivity contribution in [3.63, 3.8) is 0 Å². The minimum absolute atomic E-state index is 0.604. The summed E-state index contributed by atoms with van der Waals surface area (Å²) in [7, 11) is 0. The molecule has 0 amide bonds. The number of piperazine rings is 1. The van der Waals surface area contributed by atoms with Crippen molar-refractivity contribution in [3.8, 4) is 0 Å². The number of nitrogens with zero attached hydrogens (tertiary/aromatic N) is 3. The maximum atomic E-state index is 5.77. The van der Waals surface area contributed by atoms with Crippen LogP contribution in [-0.2, 0) is 13.0 Å². The summed E-state index contributed by atoms with van der Waals surface area (Å²) >= 11 is 0. The second-order valence-corrected chi connectivity index (χ2v) is 6.95. The molecule has 3 aromatic rings. The van der Waals surface area contributed by atoms with Crippen molar-refractivity contribution in [2.45, 2.75) is 13.0 Å². The third kappa shape index (κ3) is 3.87. The molecule has 0 radical (unpaired) electrons. The van der Waals surface area contributed by atoms with E-state index in [2.05, 4.69) is 70.5 Å². The molecule has 1 saturated heterocycles. The maximum absolute atomic E-state index is 5.77. The Hall–Kier alpha value is -2.43. The first kappa shape index (κ1) is 17.0. The van der Waals surface area contributed by atoms with E-state index in [1.165, 1.54) is 22.3 Å². The molecule has 2 N–H and O–H groups in total. The van der Waals surface area contributed by atoms with E-state index >= 15 is 0 Å². The van der Waals surface area contributed by atoms with Crippen LogP contribution in [0.1, 0.15) is 11.3 Å². The minimum atomic E-state index is 0.604. The van der Waals surface area contributed by atoms with Gasteiger partial charge in [0, 0.05) is 62.5 Å². The summed E-state index contributed by atoms with van der Waals surface area (Å²) < 4.78 is 0. The lowest BCUT2D eigenvalue weighted by Gasteiger charge is -2.36. The van der Waals surface area contributed by atoms with Crippen molar-refractivity contribution in [1.82, 2.24) is 9.88 Å². The summed E-state index contributed by atoms with van der Waals surface area (Å²) in [5.41, 5.74) is 10.5. The number of para-hydroxylation sites is 1. The van der Waals surface area contributed by atoms with Gasteiger partial charge in [0.05, 0.1) is 5.52 Å². The second-order valence-electron chi connectivity index (χ2n) is 6.95. The second kappa shape index (κ2) is 7.85. The molecule has 1 aliphatic rings. The summed E-state index contributed by atoms with van der Waals surface area (Å²) in [6.07, 6.45) is 1.01. The molecule has 1 aliphatic heterocycles. The van der Waals surface area contributed by atoms with Crippen molar-refractivity contribution >= 4 is 16.6 Å². The zero-order chi connectivity index (χ0) is 17.8. The highest BCUT2D eigenvalue weighted by molar-refractivity contribution is 5.78. The Morgan fingerprint density at radius 2 is 1.73 bits per heavy atom. The topological polar surface area (TPSA) is 45.4 Å². The Kier molecular flexibility index (Phi) is 5.14. The molecular weight excluding hydrogens is 320 g/mol. The number of anilines is 1. The van der Waals surface area contributed by atoms with Crippen LogP contribution in [0.25, 0.3) is 10.9 Å². The van der Waals surface area contributed by atoms with Gasteiger partial charge in [-0.2, -0.15) is 0 Å². The lowest BCUT2D eigenvalue weighted by atomic mass is 10.1. The fraction of sp³-hybridized carbons (Fsp3) is 0.318. The first-order chi connectivity index (χ1) is 12.8. The molecule has 0 bridgehead atoms. The first-order valence-corrected chi connectivity index (χ1v) is 9.43. The molecule has 2 heterocycles. The summed E-state index contributed by atoms with van der Waals surface area (Å²) in [5.74, 6) is 0. The molecule has 26 heavy (non-hydrogen) atoms. The van der Waals surface area contributed by atoms with E-state index in [1.807, 2.05) is 0 Å². The molecule has 0 unspecified atom stereocenters. The normalized spacial score (nSPS) is 15.5. The average molecular weight is 346 g/mol. The van der Waals surface area contributed by atoms with Crippen molar-refractivity contribution in [3.05, 3.63) is 71.9 Å². The highest BCUT2D eigenvalue weighted by Gasteiger charge is 2.17. The number of nitrogens with two attached hydrogens (primary N) is 1. The van der Waals surface area contributed by atoms with Crippen molar-refractivity contribution in [1.29, 1.82) is 0 Å². The number of fused-ring (bicyclic) bond motifs is 1. The monoisotopic (exact) mass is 346 g/mol. The van der Waals surface area contributed by atoms with E-state index in [4.69, 9.17) is 10.7 Å². The van der Waals surface area contributed by atoms with Crippen LogP contribution < -0.4 is 10.6 Å². The van der Waals surface area contributed by atoms with E-state index in [-0.39, 0.29) is 0 Å². The van der Waals surface area contributed by atoms with Crippen LogP contribution in [0.3, 0.4) is 0 Å². The van der Waals surface area contributed by atoms with Crippen LogP contribution in [0, 0.1) is 0 Å². The molecule has 134 valence electrons. The number of benzene rings is 2. The molecule has 0 atom stereocenters. The molecule has 4 rings (SSSR count). The van der Waals surface area contributed by atoms with Gasteiger partial charge in [-0.05, 0) is 29.8 Å². The maximum Gasteiger partial charge on any atom is 0.0705 e. The SMILES string of the molecule is NCc1cccc(N2CCN(CCc3ccc4ccccc4n3)CC2)c1. The molecule has 4 nitrogen and oxygen atoms in total. The number of hydrogen-bond donors (Lipinski definition) is 1. The van der Waals surface area contributed by atoms with Crippen LogP contribution in [0.2, 0.25) is 0 Å². The van der Waals surface area contributed by atoms with E-state index < -0.39 is 0 Å². The highest BCUT2D eigenvalue weighted by atomic mass is 15.3. The summed E-state index contributed by atoms with van der Waals surface area (Å²) in [5, 5.41) is 1.21. The van der Waals surface area contributed by atoms with Crippen molar-refractivity contribution in [2.24, 2.45) is 5.73 Å². The van der Waals surface area contributed by atoms with Gasteiger partial charge in [-0.15, -0.1) is 0 Å². The third-order valence-corrected chi connectivity index (χ3v) is 5.22. The summed E-state index contributed by atoms with van der Waals surface area (Å²) in [6, 6.07) is 21.3. The van der Waals surface area contributed by atoms with Gasteiger partial charge in [0.2, 0.25) is 0 Å². The molecular formula is C22H26N4. The van der Waals surface area contributed by atoms with E-state index in [1.54, 1.807) is 0 Å². The first-order valence-electron chi connectivity index (χ1n) is 9.43. The highest BCUT2D eigenvalue weighted by Crippen LogP contribution is 2.18. The number of aromatic nitrogens is 1. The third-order valence-electron chi connectivity index (χ3n) is 5.22. The Morgan fingerprint density at radius 3 is 2.58 bits per heavy atom. The van der Waals surface area contributed by atoms with Gasteiger partial charge < -0.3 is 10.6 Å². The van der Waals surface area contributed by atoms with Crippen LogP contribution in [-0.4, -0.2) is 42.6 Å². The quantitative estimate of drug-likeness (QED) is 0.771. The van der Waals surface area contributed by atoms with Crippen LogP contribution >= 0.6 is 0 Å². The molecule has 0 spiro atoms. The zero-order valence-electron chi connectivity index (χ0n) is 15.1. The Bertz CT molecular complexity index is 869. The lowest BCUT2D eigenvalue weighted by molar-refractivity contribution is 0.260. The smallest absolute Gasteiger partial charge is 0.0705 e. The van der Waals surface area contributed by atoms with Gasteiger partial charge in [0.1, 0.15) is 0 Å². The summed E-state index contributed by atoms with van der Waals surface area (Å²) in [6.45, 7) is 6.01. The predicted octanol–water partition coefficient (Wildman–Crippen LogP) is 3.06. The molecule has 0 saturated carbocycles. The fourth-order valence-electron chi connectivity index (χ4n) is 3.63. The minimum Gasteiger partial charge on any atom is -0.369 e.